The molecule has 4 saturated heterocycles. The molecule has 0 bridgehead atoms. The molecular formula is C25H36O9. The highest BCUT2D eigenvalue weighted by Crippen LogP contribution is 2.55. The smallest absolute Gasteiger partial charge is 0.190 e. The molecule has 0 aliphatic carbocycles. The molecule has 4 fully saturated rings. The lowest BCUT2D eigenvalue weighted by Crippen LogP contribution is -2.78. The minimum atomic E-state index is -1.38. The van der Waals surface area contributed by atoms with Crippen LogP contribution in [0.1, 0.15) is 47.1 Å². The van der Waals surface area contributed by atoms with Crippen molar-refractivity contribution in [2.45, 2.75) is 101 Å². The van der Waals surface area contributed by atoms with Gasteiger partial charge < -0.3 is 43.0 Å². The van der Waals surface area contributed by atoms with Crippen molar-refractivity contribution in [2.75, 3.05) is 19.8 Å². The van der Waals surface area contributed by atoms with E-state index < -0.39 is 53.2 Å². The largest absolute Gasteiger partial charge is 0.367 e. The first-order valence-electron chi connectivity index (χ1n) is 11.9. The van der Waals surface area contributed by atoms with Gasteiger partial charge >= 0.3 is 0 Å². The van der Waals surface area contributed by atoms with Gasteiger partial charge in [0.25, 0.3) is 0 Å². The van der Waals surface area contributed by atoms with Crippen molar-refractivity contribution in [1.29, 1.82) is 0 Å². The first kappa shape index (κ1) is 24.5. The minimum absolute atomic E-state index is 0.0477. The second kappa shape index (κ2) is 8.19. The van der Waals surface area contributed by atoms with Crippen LogP contribution in [0, 0.1) is 0 Å². The summed E-state index contributed by atoms with van der Waals surface area (Å²) in [6.45, 7) is 11.7. The second-order valence-corrected chi connectivity index (χ2v) is 10.9. The molecule has 190 valence electrons. The highest BCUT2D eigenvalue weighted by atomic mass is 16.8. The Balaban J connectivity index is 1.57. The van der Waals surface area contributed by atoms with Crippen molar-refractivity contribution < 1.29 is 43.0 Å². The van der Waals surface area contributed by atoms with E-state index in [4.69, 9.17) is 37.9 Å². The lowest BCUT2D eigenvalue weighted by Gasteiger charge is -2.56. The van der Waals surface area contributed by atoms with Gasteiger partial charge in [-0.25, -0.2) is 0 Å². The number of hydrogen-bond donors (Lipinski definition) is 1. The summed E-state index contributed by atoms with van der Waals surface area (Å²) in [5, 5.41) is 11.4. The van der Waals surface area contributed by atoms with E-state index in [0.717, 1.165) is 5.56 Å². The maximum absolute atomic E-state index is 11.4. The zero-order valence-electron chi connectivity index (χ0n) is 20.7. The summed E-state index contributed by atoms with van der Waals surface area (Å²) in [6, 6.07) is 9.85. The molecule has 1 aromatic carbocycles. The van der Waals surface area contributed by atoms with Gasteiger partial charge in [-0.3, -0.25) is 0 Å². The van der Waals surface area contributed by atoms with Crippen LogP contribution in [0.15, 0.2) is 30.3 Å². The lowest BCUT2D eigenvalue weighted by atomic mass is 9.73. The van der Waals surface area contributed by atoms with Gasteiger partial charge in [-0.15, -0.1) is 0 Å². The fourth-order valence-electron chi connectivity index (χ4n) is 5.43. The van der Waals surface area contributed by atoms with Crippen LogP contribution in [0.5, 0.6) is 0 Å². The summed E-state index contributed by atoms with van der Waals surface area (Å²) >= 11 is 0. The molecule has 4 aliphatic rings. The Hall–Kier alpha value is -1.14. The van der Waals surface area contributed by atoms with Gasteiger partial charge in [0.05, 0.1) is 26.4 Å². The van der Waals surface area contributed by atoms with E-state index in [-0.39, 0.29) is 19.8 Å². The molecular weight excluding hydrogens is 444 g/mol. The van der Waals surface area contributed by atoms with Crippen molar-refractivity contribution in [3.05, 3.63) is 35.9 Å². The molecule has 9 heteroatoms. The molecule has 0 amide bonds. The number of aliphatic hydroxyl groups excluding tert-OH is 1. The number of benzene rings is 1. The predicted octanol–water partition coefficient (Wildman–Crippen LogP) is 2.48. The normalized spacial score (nSPS) is 42.6. The van der Waals surface area contributed by atoms with Crippen LogP contribution in [0.3, 0.4) is 0 Å². The maximum Gasteiger partial charge on any atom is 0.190 e. The number of rotatable bonds is 4. The Morgan fingerprint density at radius 1 is 0.853 bits per heavy atom. The summed E-state index contributed by atoms with van der Waals surface area (Å²) in [5.74, 6) is -2.68. The molecule has 4 aliphatic heterocycles. The average molecular weight is 481 g/mol. The molecule has 1 N–H and O–H groups in total. The third-order valence-electron chi connectivity index (χ3n) is 6.95. The van der Waals surface area contributed by atoms with Crippen LogP contribution in [-0.4, -0.2) is 78.1 Å². The average Bonchev–Trinajstić information content (AvgIpc) is 3.40. The summed E-state index contributed by atoms with van der Waals surface area (Å²) in [4.78, 5) is 0. The van der Waals surface area contributed by atoms with Crippen LogP contribution >= 0.6 is 0 Å². The van der Waals surface area contributed by atoms with Gasteiger partial charge in [0, 0.05) is 0 Å². The van der Waals surface area contributed by atoms with E-state index in [1.165, 1.54) is 0 Å². The van der Waals surface area contributed by atoms with Crippen molar-refractivity contribution >= 4 is 0 Å². The van der Waals surface area contributed by atoms with E-state index in [0.29, 0.717) is 6.61 Å². The Bertz CT molecular complexity index is 888. The molecule has 0 unspecified atom stereocenters. The van der Waals surface area contributed by atoms with E-state index >= 15 is 0 Å². The molecule has 9 nitrogen and oxygen atoms in total. The third-order valence-corrected chi connectivity index (χ3v) is 6.95. The zero-order chi connectivity index (χ0) is 24.4. The number of ether oxygens (including phenoxy) is 8. The second-order valence-electron chi connectivity index (χ2n) is 10.9. The van der Waals surface area contributed by atoms with Crippen molar-refractivity contribution in [3.63, 3.8) is 0 Å². The molecule has 0 radical (unpaired) electrons. The molecule has 0 saturated carbocycles. The standard InChI is InChI=1S/C25H36O9/c1-21(2)28-13-17(32-21)18-19(27-12-16-10-8-7-9-11-16)24(14-29-22(3,4)33-24)25(20(26)31-18)15-30-23(5,6)34-25/h7-11,17-20,26H,12-15H2,1-6H3/t17-,18-,19+,20+,24+,25-/m0/s1. The van der Waals surface area contributed by atoms with Crippen LogP contribution in [0.4, 0.5) is 0 Å². The Morgan fingerprint density at radius 2 is 1.47 bits per heavy atom. The fraction of sp³-hybridized carbons (Fsp3) is 0.760. The minimum Gasteiger partial charge on any atom is -0.367 e. The van der Waals surface area contributed by atoms with E-state index in [1.807, 2.05) is 58.0 Å². The van der Waals surface area contributed by atoms with E-state index in [9.17, 15) is 5.11 Å². The monoisotopic (exact) mass is 480 g/mol. The van der Waals surface area contributed by atoms with Gasteiger partial charge in [-0.05, 0) is 47.1 Å². The van der Waals surface area contributed by atoms with Crippen molar-refractivity contribution in [1.82, 2.24) is 0 Å². The topological polar surface area (TPSA) is 94.1 Å². The summed E-state index contributed by atoms with van der Waals surface area (Å²) in [5.41, 5.74) is -1.63. The van der Waals surface area contributed by atoms with Gasteiger partial charge in [0.1, 0.15) is 18.3 Å². The first-order chi connectivity index (χ1) is 15.9. The maximum atomic E-state index is 11.4. The van der Waals surface area contributed by atoms with Gasteiger partial charge in [-0.2, -0.15) is 0 Å². The molecule has 34 heavy (non-hydrogen) atoms. The molecule has 6 atom stereocenters. The Morgan fingerprint density at radius 3 is 2.00 bits per heavy atom. The van der Waals surface area contributed by atoms with Gasteiger partial charge in [0.15, 0.2) is 34.9 Å². The molecule has 2 spiro atoms. The SMILES string of the molecule is CC1(C)OC[C@@H]([C@@H]2O[C@@H](O)[C@@]3(COC(C)(C)O3)[C@@]3(COC(C)(C)O3)[C@@H]2OCc2ccccc2)O1. The van der Waals surface area contributed by atoms with Crippen molar-refractivity contribution in [2.24, 2.45) is 0 Å². The predicted molar refractivity (Wildman–Crippen MR) is 118 cm³/mol. The highest BCUT2D eigenvalue weighted by molar-refractivity contribution is 5.20. The van der Waals surface area contributed by atoms with Crippen molar-refractivity contribution in [3.8, 4) is 0 Å². The van der Waals surface area contributed by atoms with Crippen LogP contribution in [0.25, 0.3) is 0 Å². The fourth-order valence-corrected chi connectivity index (χ4v) is 5.43. The quantitative estimate of drug-likeness (QED) is 0.697. The molecule has 4 heterocycles. The van der Waals surface area contributed by atoms with Crippen LogP contribution in [-0.2, 0) is 44.5 Å². The molecule has 1 aromatic rings. The van der Waals surface area contributed by atoms with E-state index in [1.54, 1.807) is 13.8 Å². The number of hydrogen-bond acceptors (Lipinski definition) is 9. The number of fused-ring (bicyclic) bond motifs is 1. The van der Waals surface area contributed by atoms with Crippen LogP contribution < -0.4 is 0 Å². The highest BCUT2D eigenvalue weighted by Gasteiger charge is 2.76. The summed E-state index contributed by atoms with van der Waals surface area (Å²) < 4.78 is 49.9. The van der Waals surface area contributed by atoms with Crippen LogP contribution in [0.2, 0.25) is 0 Å². The first-order valence-corrected chi connectivity index (χ1v) is 11.9. The molecule has 5 rings (SSSR count). The number of aliphatic hydroxyl groups is 1. The third kappa shape index (κ3) is 4.11. The summed E-state index contributed by atoms with van der Waals surface area (Å²) in [7, 11) is 0. The van der Waals surface area contributed by atoms with Gasteiger partial charge in [0.2, 0.25) is 0 Å². The Labute approximate surface area is 200 Å². The molecule has 0 aromatic heterocycles. The zero-order valence-corrected chi connectivity index (χ0v) is 20.7. The lowest BCUT2D eigenvalue weighted by molar-refractivity contribution is -0.391. The summed E-state index contributed by atoms with van der Waals surface area (Å²) in [6.07, 6.45) is -3.31. The van der Waals surface area contributed by atoms with E-state index in [2.05, 4.69) is 0 Å². The Kier molecular flexibility index (Phi) is 5.91. The van der Waals surface area contributed by atoms with Gasteiger partial charge in [-0.1, -0.05) is 30.3 Å².